The lowest BCUT2D eigenvalue weighted by Gasteiger charge is -2.08. The molecule has 1 unspecified atom stereocenters. The maximum atomic E-state index is 10.1. The summed E-state index contributed by atoms with van der Waals surface area (Å²) in [6.07, 6.45) is 1.39. The number of hydrogen-bond acceptors (Lipinski definition) is 3. The Morgan fingerprint density at radius 1 is 1.89 bits per heavy atom. The second kappa shape index (κ2) is 3.53. The molecule has 0 bridgehead atoms. The first kappa shape index (κ1) is 8.52. The van der Waals surface area contributed by atoms with Crippen molar-refractivity contribution >= 4 is 18.6 Å². The van der Waals surface area contributed by atoms with Crippen LogP contribution in [0.2, 0.25) is 0 Å². The van der Waals surface area contributed by atoms with Crippen molar-refractivity contribution < 1.29 is 9.90 Å². The summed E-state index contributed by atoms with van der Waals surface area (Å²) in [6, 6.07) is -0.953. The fraction of sp³-hybridized carbons (Fsp3) is 0.400. The molecule has 0 saturated heterocycles. The van der Waals surface area contributed by atoms with Crippen molar-refractivity contribution in [2.75, 3.05) is 0 Å². The Balaban J connectivity index is 3.86. The average molecular weight is 147 g/mol. The number of carbonyl (C=O) groups is 1. The molecule has 0 heterocycles. The molecule has 4 heteroatoms. The van der Waals surface area contributed by atoms with Gasteiger partial charge in [-0.2, -0.15) is 12.6 Å². The third-order valence-electron chi connectivity index (χ3n) is 0.895. The van der Waals surface area contributed by atoms with Gasteiger partial charge < -0.3 is 10.8 Å². The number of aliphatic carboxylic acids is 1. The summed E-state index contributed by atoms with van der Waals surface area (Å²) in [5.74, 6) is -1.06. The van der Waals surface area contributed by atoms with Gasteiger partial charge in [0, 0.05) is 5.25 Å². The Bertz CT molecular complexity index is 126. The van der Waals surface area contributed by atoms with Crippen LogP contribution in [0.3, 0.4) is 0 Å². The first-order valence-corrected chi connectivity index (χ1v) is 2.90. The van der Waals surface area contributed by atoms with Crippen LogP contribution in [-0.4, -0.2) is 22.4 Å². The number of thiol groups is 1. The highest BCUT2D eigenvalue weighted by Crippen LogP contribution is 1.99. The minimum Gasteiger partial charge on any atom is -0.480 e. The van der Waals surface area contributed by atoms with Crippen LogP contribution in [-0.2, 0) is 4.79 Å². The predicted octanol–water partition coefficient (Wildman–Crippen LogP) is -0.117. The molecule has 0 rings (SSSR count). The zero-order valence-corrected chi connectivity index (χ0v) is 5.71. The molecule has 0 radical (unpaired) electrons. The van der Waals surface area contributed by atoms with E-state index in [-0.39, 0.29) is 0 Å². The lowest BCUT2D eigenvalue weighted by molar-refractivity contribution is -0.138. The molecule has 2 atom stereocenters. The molecule has 0 aromatic rings. The van der Waals surface area contributed by atoms with Crippen LogP contribution in [0.1, 0.15) is 0 Å². The van der Waals surface area contributed by atoms with Gasteiger partial charge in [-0.05, 0) is 0 Å². The fourth-order valence-electron chi connectivity index (χ4n) is 0.293. The van der Waals surface area contributed by atoms with Gasteiger partial charge in [-0.15, -0.1) is 6.58 Å². The van der Waals surface area contributed by atoms with Gasteiger partial charge in [0.15, 0.2) is 0 Å². The Hall–Kier alpha value is -0.480. The Morgan fingerprint density at radius 3 is 2.44 bits per heavy atom. The standard InChI is InChI=1S/C5H9NO2S/c1-2-3(9)4(6)5(7)8/h2-4,9H,1,6H2,(H,7,8)/t3?,4-/m0/s1. The molecule has 0 aliphatic carbocycles. The zero-order chi connectivity index (χ0) is 7.44. The normalized spacial score (nSPS) is 16.2. The largest absolute Gasteiger partial charge is 0.480 e. The van der Waals surface area contributed by atoms with Crippen LogP contribution in [0.25, 0.3) is 0 Å². The molecule has 0 saturated carbocycles. The maximum absolute atomic E-state index is 10.1. The van der Waals surface area contributed by atoms with Crippen LogP contribution in [0.15, 0.2) is 12.7 Å². The molecular formula is C5H9NO2S. The van der Waals surface area contributed by atoms with Gasteiger partial charge in [-0.3, -0.25) is 4.79 Å². The van der Waals surface area contributed by atoms with Gasteiger partial charge in [-0.25, -0.2) is 0 Å². The van der Waals surface area contributed by atoms with E-state index in [9.17, 15) is 4.79 Å². The van der Waals surface area contributed by atoms with Gasteiger partial charge in [0.05, 0.1) is 0 Å². The van der Waals surface area contributed by atoms with E-state index in [1.807, 2.05) is 0 Å². The van der Waals surface area contributed by atoms with Crippen molar-refractivity contribution in [1.82, 2.24) is 0 Å². The lowest BCUT2D eigenvalue weighted by atomic mass is 10.2. The Labute approximate surface area is 59.0 Å². The van der Waals surface area contributed by atoms with E-state index >= 15 is 0 Å². The molecule has 0 aliphatic heterocycles. The van der Waals surface area contributed by atoms with Gasteiger partial charge in [-0.1, -0.05) is 6.08 Å². The summed E-state index contributed by atoms with van der Waals surface area (Å²) in [7, 11) is 0. The highest BCUT2D eigenvalue weighted by Gasteiger charge is 2.16. The topological polar surface area (TPSA) is 63.3 Å². The van der Waals surface area contributed by atoms with E-state index in [1.165, 1.54) is 6.08 Å². The van der Waals surface area contributed by atoms with E-state index in [2.05, 4.69) is 19.2 Å². The minimum atomic E-state index is -1.06. The molecule has 0 aromatic heterocycles. The SMILES string of the molecule is C=CC(S)[C@H](N)C(=O)O. The zero-order valence-electron chi connectivity index (χ0n) is 4.82. The van der Waals surface area contributed by atoms with Crippen molar-refractivity contribution in [2.24, 2.45) is 5.73 Å². The van der Waals surface area contributed by atoms with Crippen LogP contribution in [0.4, 0.5) is 0 Å². The quantitative estimate of drug-likeness (QED) is 0.385. The van der Waals surface area contributed by atoms with Crippen LogP contribution >= 0.6 is 12.6 Å². The van der Waals surface area contributed by atoms with E-state index in [1.54, 1.807) is 0 Å². The van der Waals surface area contributed by atoms with E-state index in [0.717, 1.165) is 0 Å². The number of carboxylic acid groups (broad SMARTS) is 1. The molecular weight excluding hydrogens is 138 g/mol. The number of carboxylic acids is 1. The molecule has 0 aliphatic rings. The summed E-state index contributed by atoms with van der Waals surface area (Å²) in [6.45, 7) is 3.34. The van der Waals surface area contributed by atoms with Crippen molar-refractivity contribution in [3.8, 4) is 0 Å². The van der Waals surface area contributed by atoms with Crippen LogP contribution in [0, 0.1) is 0 Å². The van der Waals surface area contributed by atoms with E-state index in [0.29, 0.717) is 0 Å². The average Bonchev–Trinajstić information content (AvgIpc) is 1.84. The molecule has 0 spiro atoms. The third kappa shape index (κ3) is 2.53. The molecule has 0 aromatic carbocycles. The van der Waals surface area contributed by atoms with Crippen LogP contribution in [0.5, 0.6) is 0 Å². The number of rotatable bonds is 3. The monoisotopic (exact) mass is 147 g/mol. The first-order valence-electron chi connectivity index (χ1n) is 2.38. The Kier molecular flexibility index (Phi) is 3.34. The highest BCUT2D eigenvalue weighted by atomic mass is 32.1. The fourth-order valence-corrected chi connectivity index (χ4v) is 0.420. The summed E-state index contributed by atoms with van der Waals surface area (Å²) >= 11 is 3.84. The maximum Gasteiger partial charge on any atom is 0.321 e. The van der Waals surface area contributed by atoms with Gasteiger partial charge in [0.1, 0.15) is 6.04 Å². The summed E-state index contributed by atoms with van der Waals surface area (Å²) < 4.78 is 0. The van der Waals surface area contributed by atoms with Gasteiger partial charge >= 0.3 is 5.97 Å². The summed E-state index contributed by atoms with van der Waals surface area (Å²) in [5.41, 5.74) is 5.12. The number of hydrogen-bond donors (Lipinski definition) is 3. The number of nitrogens with two attached hydrogens (primary N) is 1. The first-order chi connectivity index (χ1) is 4.09. The molecule has 0 amide bonds. The summed E-state index contributed by atoms with van der Waals surface area (Å²) in [5, 5.41) is 7.79. The smallest absolute Gasteiger partial charge is 0.321 e. The molecule has 52 valence electrons. The second-order valence-corrected chi connectivity index (χ2v) is 2.19. The Morgan fingerprint density at radius 2 is 2.33 bits per heavy atom. The van der Waals surface area contributed by atoms with E-state index in [4.69, 9.17) is 10.8 Å². The molecule has 9 heavy (non-hydrogen) atoms. The molecule has 0 fully saturated rings. The summed E-state index contributed by atoms with van der Waals surface area (Å²) in [4.78, 5) is 10.1. The highest BCUT2D eigenvalue weighted by molar-refractivity contribution is 7.81. The lowest BCUT2D eigenvalue weighted by Crippen LogP contribution is -2.37. The van der Waals surface area contributed by atoms with Gasteiger partial charge in [0.2, 0.25) is 0 Å². The molecule has 3 N–H and O–H groups in total. The van der Waals surface area contributed by atoms with Crippen molar-refractivity contribution in [3.63, 3.8) is 0 Å². The van der Waals surface area contributed by atoms with Gasteiger partial charge in [0.25, 0.3) is 0 Å². The van der Waals surface area contributed by atoms with Crippen LogP contribution < -0.4 is 5.73 Å². The molecule has 3 nitrogen and oxygen atoms in total. The third-order valence-corrected chi connectivity index (χ3v) is 1.43. The van der Waals surface area contributed by atoms with Crippen molar-refractivity contribution in [3.05, 3.63) is 12.7 Å². The van der Waals surface area contributed by atoms with Crippen molar-refractivity contribution in [2.45, 2.75) is 11.3 Å². The minimum absolute atomic E-state index is 0.470. The second-order valence-electron chi connectivity index (χ2n) is 1.59. The van der Waals surface area contributed by atoms with Crippen molar-refractivity contribution in [1.29, 1.82) is 0 Å². The predicted molar refractivity (Wildman–Crippen MR) is 38.6 cm³/mol. The van der Waals surface area contributed by atoms with E-state index < -0.39 is 17.3 Å².